The fraction of sp³-hybridized carbons (Fsp3) is 0.891. The highest BCUT2D eigenvalue weighted by Gasteiger charge is 2.17. The van der Waals surface area contributed by atoms with E-state index in [1.807, 2.05) is 0 Å². The maximum Gasteiger partial charge on any atom is 0.306 e. The molecule has 0 aromatic rings. The van der Waals surface area contributed by atoms with Gasteiger partial charge in [0, 0.05) is 19.4 Å². The Bertz CT molecular complexity index is 913. The van der Waals surface area contributed by atoms with E-state index in [4.69, 9.17) is 14.2 Å². The zero-order chi connectivity index (χ0) is 43.5. The van der Waals surface area contributed by atoms with Crippen LogP contribution >= 0.6 is 0 Å². The van der Waals surface area contributed by atoms with Gasteiger partial charge in [-0.3, -0.25) is 9.59 Å². The molecule has 0 rings (SSSR count). The Kier molecular flexibility index (Phi) is 50.3. The molecule has 0 heterocycles. The van der Waals surface area contributed by atoms with Gasteiger partial charge in [0.05, 0.1) is 6.61 Å². The first-order chi connectivity index (χ1) is 29.6. The second-order valence-electron chi connectivity index (χ2n) is 18.1. The first kappa shape index (κ1) is 58.4. The standard InChI is InChI=1S/C55H104O5/c1-4-7-10-13-16-19-22-25-27-29-32-35-38-41-44-47-50-58-51-53(60-55(57)49-46-43-40-37-34-30-24-21-18-15-12-9-6-3)52-59-54(56)48-45-42-39-36-33-31-28-26-23-20-17-14-11-8-5-2/h16,19,25,27,53H,4-15,17-18,20-24,26,28-52H2,1-3H3/b19-16-,27-25-. The quantitative estimate of drug-likeness (QED) is 0.0347. The van der Waals surface area contributed by atoms with Crippen molar-refractivity contribution in [2.75, 3.05) is 19.8 Å². The van der Waals surface area contributed by atoms with E-state index in [2.05, 4.69) is 45.1 Å². The molecule has 0 aromatic heterocycles. The number of hydrogen-bond donors (Lipinski definition) is 0. The van der Waals surface area contributed by atoms with Crippen molar-refractivity contribution < 1.29 is 23.8 Å². The molecule has 1 atom stereocenters. The predicted octanol–water partition coefficient (Wildman–Crippen LogP) is 18.0. The van der Waals surface area contributed by atoms with Crippen molar-refractivity contribution >= 4 is 11.9 Å². The number of hydrogen-bond acceptors (Lipinski definition) is 5. The molecule has 354 valence electrons. The van der Waals surface area contributed by atoms with Gasteiger partial charge in [0.2, 0.25) is 0 Å². The molecule has 0 saturated heterocycles. The molecular weight excluding hydrogens is 741 g/mol. The van der Waals surface area contributed by atoms with E-state index in [9.17, 15) is 9.59 Å². The minimum atomic E-state index is -0.533. The molecule has 5 heteroatoms. The summed E-state index contributed by atoms with van der Waals surface area (Å²) in [6.45, 7) is 7.84. The molecule has 0 N–H and O–H groups in total. The average Bonchev–Trinajstić information content (AvgIpc) is 3.25. The summed E-state index contributed by atoms with van der Waals surface area (Å²) in [6.07, 6.45) is 60.4. The highest BCUT2D eigenvalue weighted by Crippen LogP contribution is 2.16. The fourth-order valence-corrected chi connectivity index (χ4v) is 7.95. The van der Waals surface area contributed by atoms with Crippen LogP contribution in [0.2, 0.25) is 0 Å². The summed E-state index contributed by atoms with van der Waals surface area (Å²) in [5, 5.41) is 0. The summed E-state index contributed by atoms with van der Waals surface area (Å²) in [6, 6.07) is 0. The SMILES string of the molecule is CCCCC/C=C\C/C=C\CCCCCCCCOCC(COC(=O)CCCCCCCCCCCCCCCCC)OC(=O)CCCCCCCCCCCCCCC. The number of unbranched alkanes of at least 4 members (excludes halogenated alkanes) is 35. The highest BCUT2D eigenvalue weighted by molar-refractivity contribution is 5.70. The molecule has 0 spiro atoms. The van der Waals surface area contributed by atoms with Crippen molar-refractivity contribution in [1.82, 2.24) is 0 Å². The van der Waals surface area contributed by atoms with E-state index in [0.29, 0.717) is 19.4 Å². The lowest BCUT2D eigenvalue weighted by Crippen LogP contribution is -2.30. The van der Waals surface area contributed by atoms with E-state index < -0.39 is 6.10 Å². The maximum atomic E-state index is 12.8. The number of carbonyl (C=O) groups excluding carboxylic acids is 2. The number of allylic oxidation sites excluding steroid dienone is 4. The van der Waals surface area contributed by atoms with Gasteiger partial charge < -0.3 is 14.2 Å². The largest absolute Gasteiger partial charge is 0.462 e. The molecule has 0 saturated carbocycles. The normalized spacial score (nSPS) is 12.2. The lowest BCUT2D eigenvalue weighted by molar-refractivity contribution is -0.163. The summed E-state index contributed by atoms with van der Waals surface area (Å²) in [5.41, 5.74) is 0. The van der Waals surface area contributed by atoms with Gasteiger partial charge in [-0.25, -0.2) is 0 Å². The van der Waals surface area contributed by atoms with Crippen molar-refractivity contribution in [3.05, 3.63) is 24.3 Å². The van der Waals surface area contributed by atoms with Crippen molar-refractivity contribution in [3.8, 4) is 0 Å². The van der Waals surface area contributed by atoms with E-state index in [1.54, 1.807) is 0 Å². The van der Waals surface area contributed by atoms with Gasteiger partial charge in [-0.1, -0.05) is 251 Å². The molecule has 0 aliphatic carbocycles. The molecule has 0 amide bonds. The highest BCUT2D eigenvalue weighted by atomic mass is 16.6. The van der Waals surface area contributed by atoms with Crippen LogP contribution in [0.4, 0.5) is 0 Å². The van der Waals surface area contributed by atoms with Gasteiger partial charge in [0.1, 0.15) is 6.61 Å². The summed E-state index contributed by atoms with van der Waals surface area (Å²) in [7, 11) is 0. The van der Waals surface area contributed by atoms with Crippen molar-refractivity contribution in [2.45, 2.75) is 297 Å². The van der Waals surface area contributed by atoms with Crippen molar-refractivity contribution in [1.29, 1.82) is 0 Å². The summed E-state index contributed by atoms with van der Waals surface area (Å²) in [4.78, 5) is 25.4. The van der Waals surface area contributed by atoms with Crippen LogP contribution in [0.15, 0.2) is 24.3 Å². The van der Waals surface area contributed by atoms with Crippen LogP contribution in [0.5, 0.6) is 0 Å². The van der Waals surface area contributed by atoms with Gasteiger partial charge in [-0.2, -0.15) is 0 Å². The van der Waals surface area contributed by atoms with Crippen LogP contribution in [-0.2, 0) is 23.8 Å². The Hall–Kier alpha value is -1.62. The lowest BCUT2D eigenvalue weighted by atomic mass is 10.0. The van der Waals surface area contributed by atoms with Gasteiger partial charge in [0.15, 0.2) is 6.10 Å². The zero-order valence-electron chi connectivity index (χ0n) is 40.7. The van der Waals surface area contributed by atoms with Gasteiger partial charge in [-0.05, 0) is 51.4 Å². The van der Waals surface area contributed by atoms with Crippen LogP contribution in [0.3, 0.4) is 0 Å². The smallest absolute Gasteiger partial charge is 0.306 e. The molecule has 5 nitrogen and oxygen atoms in total. The summed E-state index contributed by atoms with van der Waals surface area (Å²) < 4.78 is 17.4. The zero-order valence-corrected chi connectivity index (χ0v) is 40.7. The van der Waals surface area contributed by atoms with Crippen LogP contribution in [0.25, 0.3) is 0 Å². The first-order valence-corrected chi connectivity index (χ1v) is 26.9. The first-order valence-electron chi connectivity index (χ1n) is 26.9. The van der Waals surface area contributed by atoms with Gasteiger partial charge in [-0.15, -0.1) is 0 Å². The molecule has 0 radical (unpaired) electrons. The van der Waals surface area contributed by atoms with Gasteiger partial charge in [0.25, 0.3) is 0 Å². The predicted molar refractivity (Wildman–Crippen MR) is 261 cm³/mol. The van der Waals surface area contributed by atoms with Crippen LogP contribution in [0, 0.1) is 0 Å². The second-order valence-corrected chi connectivity index (χ2v) is 18.1. The maximum absolute atomic E-state index is 12.8. The van der Waals surface area contributed by atoms with Crippen molar-refractivity contribution in [3.63, 3.8) is 0 Å². The summed E-state index contributed by atoms with van der Waals surface area (Å²) in [5.74, 6) is -0.383. The molecule has 0 fully saturated rings. The van der Waals surface area contributed by atoms with Crippen LogP contribution < -0.4 is 0 Å². The average molecular weight is 845 g/mol. The van der Waals surface area contributed by atoms with Crippen LogP contribution in [-0.4, -0.2) is 37.9 Å². The van der Waals surface area contributed by atoms with E-state index in [1.165, 1.54) is 212 Å². The number of esters is 2. The number of rotatable bonds is 50. The topological polar surface area (TPSA) is 61.8 Å². The Morgan fingerprint density at radius 2 is 0.700 bits per heavy atom. The molecular formula is C55H104O5. The Morgan fingerprint density at radius 3 is 1.13 bits per heavy atom. The monoisotopic (exact) mass is 845 g/mol. The minimum absolute atomic E-state index is 0.0889. The third-order valence-corrected chi connectivity index (χ3v) is 12.0. The third kappa shape index (κ3) is 49.0. The van der Waals surface area contributed by atoms with E-state index in [-0.39, 0.29) is 25.2 Å². The lowest BCUT2D eigenvalue weighted by Gasteiger charge is -2.18. The Balaban J connectivity index is 4.23. The molecule has 0 aliphatic rings. The van der Waals surface area contributed by atoms with Gasteiger partial charge >= 0.3 is 11.9 Å². The molecule has 0 bridgehead atoms. The number of carbonyl (C=O) groups is 2. The van der Waals surface area contributed by atoms with Crippen molar-refractivity contribution in [2.24, 2.45) is 0 Å². The van der Waals surface area contributed by atoms with Crippen LogP contribution in [0.1, 0.15) is 290 Å². The molecule has 0 aliphatic heterocycles. The molecule has 1 unspecified atom stereocenters. The Morgan fingerprint density at radius 1 is 0.367 bits per heavy atom. The minimum Gasteiger partial charge on any atom is -0.462 e. The van der Waals surface area contributed by atoms with E-state index in [0.717, 1.165) is 44.9 Å². The molecule has 0 aromatic carbocycles. The number of ether oxygens (including phenoxy) is 3. The fourth-order valence-electron chi connectivity index (χ4n) is 7.95. The molecule has 60 heavy (non-hydrogen) atoms. The third-order valence-electron chi connectivity index (χ3n) is 12.0. The summed E-state index contributed by atoms with van der Waals surface area (Å²) >= 11 is 0. The second kappa shape index (κ2) is 51.7. The Labute approximate surface area is 375 Å². The van der Waals surface area contributed by atoms with E-state index >= 15 is 0 Å².